The number of rotatable bonds is 6. The molecule has 5 heteroatoms. The molecule has 0 radical (unpaired) electrons. The minimum atomic E-state index is -0.0846. The summed E-state index contributed by atoms with van der Waals surface area (Å²) in [6.07, 6.45) is 4.01. The van der Waals surface area contributed by atoms with Gasteiger partial charge in [-0.25, -0.2) is 9.97 Å². The summed E-state index contributed by atoms with van der Waals surface area (Å²) < 4.78 is 0. The van der Waals surface area contributed by atoms with E-state index in [1.54, 1.807) is 6.33 Å². The van der Waals surface area contributed by atoms with Gasteiger partial charge in [-0.2, -0.15) is 0 Å². The fourth-order valence-corrected chi connectivity index (χ4v) is 3.75. The number of hydrogen-bond donors (Lipinski definition) is 1. The molecule has 1 aliphatic rings. The predicted octanol–water partition coefficient (Wildman–Crippen LogP) is 4.80. The van der Waals surface area contributed by atoms with Crippen LogP contribution in [0.2, 0.25) is 0 Å². The lowest BCUT2D eigenvalue weighted by Gasteiger charge is -2.16. The predicted molar refractivity (Wildman–Crippen MR) is 121 cm³/mol. The van der Waals surface area contributed by atoms with Gasteiger partial charge in [0.25, 0.3) is 5.91 Å². The van der Waals surface area contributed by atoms with Crippen LogP contribution in [0.4, 0.5) is 5.82 Å². The first kappa shape index (κ1) is 20.1. The Bertz CT molecular complexity index is 1010. The summed E-state index contributed by atoms with van der Waals surface area (Å²) in [6, 6.07) is 18.0. The van der Waals surface area contributed by atoms with Crippen molar-refractivity contribution in [3.63, 3.8) is 0 Å². The lowest BCUT2D eigenvalue weighted by atomic mass is 10.0. The van der Waals surface area contributed by atoms with Crippen LogP contribution in [-0.4, -0.2) is 29.0 Å². The van der Waals surface area contributed by atoms with Gasteiger partial charge in [0, 0.05) is 36.8 Å². The second-order valence-electron chi connectivity index (χ2n) is 8.12. The molecule has 2 heterocycles. The van der Waals surface area contributed by atoms with E-state index in [2.05, 4.69) is 58.3 Å². The van der Waals surface area contributed by atoms with Gasteiger partial charge < -0.3 is 10.2 Å². The summed E-state index contributed by atoms with van der Waals surface area (Å²) in [4.78, 5) is 23.8. The monoisotopic (exact) mass is 400 g/mol. The van der Waals surface area contributed by atoms with Gasteiger partial charge in [0.2, 0.25) is 0 Å². The normalized spacial score (nSPS) is 13.6. The van der Waals surface area contributed by atoms with Crippen LogP contribution < -0.4 is 10.2 Å². The van der Waals surface area contributed by atoms with Gasteiger partial charge in [0.1, 0.15) is 12.1 Å². The van der Waals surface area contributed by atoms with Crippen molar-refractivity contribution in [2.45, 2.75) is 39.2 Å². The molecular formula is C25H28N4O. The van der Waals surface area contributed by atoms with Crippen molar-refractivity contribution in [1.82, 2.24) is 15.3 Å². The van der Waals surface area contributed by atoms with Gasteiger partial charge in [-0.15, -0.1) is 0 Å². The van der Waals surface area contributed by atoms with Crippen molar-refractivity contribution in [1.29, 1.82) is 0 Å². The third-order valence-electron chi connectivity index (χ3n) is 5.60. The molecule has 0 aliphatic carbocycles. The van der Waals surface area contributed by atoms with Gasteiger partial charge in [-0.05, 0) is 42.0 Å². The summed E-state index contributed by atoms with van der Waals surface area (Å²) in [5.41, 5.74) is 4.79. The van der Waals surface area contributed by atoms with Crippen LogP contribution in [0, 0.1) is 0 Å². The van der Waals surface area contributed by atoms with E-state index in [4.69, 9.17) is 0 Å². The zero-order valence-corrected chi connectivity index (χ0v) is 17.6. The Balaban J connectivity index is 1.45. The zero-order chi connectivity index (χ0) is 20.9. The molecule has 0 atom stereocenters. The lowest BCUT2D eigenvalue weighted by Crippen LogP contribution is -2.22. The van der Waals surface area contributed by atoms with E-state index in [1.807, 2.05) is 30.3 Å². The molecule has 1 amide bonds. The van der Waals surface area contributed by atoms with Crippen LogP contribution >= 0.6 is 0 Å². The standard InChI is InChI=1S/C25H28N4O/c1-18(2)20-10-8-19(9-11-20)16-26-25(30)22-7-5-6-21(14-22)23-15-24(28-17-27-23)29-12-3-4-13-29/h5-11,14-15,17-18H,3-4,12-13,16H2,1-2H3,(H,26,30). The number of hydrogen-bond acceptors (Lipinski definition) is 4. The third kappa shape index (κ3) is 4.67. The molecule has 1 N–H and O–H groups in total. The Labute approximate surface area is 178 Å². The van der Waals surface area contributed by atoms with Crippen LogP contribution in [0.25, 0.3) is 11.3 Å². The van der Waals surface area contributed by atoms with Gasteiger partial charge >= 0.3 is 0 Å². The second-order valence-corrected chi connectivity index (χ2v) is 8.12. The molecule has 1 saturated heterocycles. The number of amides is 1. The fourth-order valence-electron chi connectivity index (χ4n) is 3.75. The molecule has 0 bridgehead atoms. The largest absolute Gasteiger partial charge is 0.357 e. The van der Waals surface area contributed by atoms with Gasteiger partial charge in [0.05, 0.1) is 5.69 Å². The summed E-state index contributed by atoms with van der Waals surface area (Å²) in [5.74, 6) is 1.37. The fraction of sp³-hybridized carbons (Fsp3) is 0.320. The topological polar surface area (TPSA) is 58.1 Å². The smallest absolute Gasteiger partial charge is 0.251 e. The molecule has 154 valence electrons. The Morgan fingerprint density at radius 2 is 1.80 bits per heavy atom. The van der Waals surface area contributed by atoms with E-state index in [-0.39, 0.29) is 5.91 Å². The number of aromatic nitrogens is 2. The lowest BCUT2D eigenvalue weighted by molar-refractivity contribution is 0.0951. The summed E-state index contributed by atoms with van der Waals surface area (Å²) in [7, 11) is 0. The molecule has 5 nitrogen and oxygen atoms in total. The number of carbonyl (C=O) groups excluding carboxylic acids is 1. The summed E-state index contributed by atoms with van der Waals surface area (Å²) >= 11 is 0. The average molecular weight is 401 g/mol. The van der Waals surface area contributed by atoms with E-state index in [0.29, 0.717) is 18.0 Å². The van der Waals surface area contributed by atoms with Gasteiger partial charge in [-0.1, -0.05) is 50.2 Å². The summed E-state index contributed by atoms with van der Waals surface area (Å²) in [5, 5.41) is 3.02. The first-order valence-corrected chi connectivity index (χ1v) is 10.6. The maximum Gasteiger partial charge on any atom is 0.251 e. The number of carbonyl (C=O) groups is 1. The molecule has 1 aliphatic heterocycles. The highest BCUT2D eigenvalue weighted by molar-refractivity contribution is 5.95. The van der Waals surface area contributed by atoms with Crippen LogP contribution in [0.3, 0.4) is 0 Å². The Hall–Kier alpha value is -3.21. The molecule has 0 saturated carbocycles. The average Bonchev–Trinajstić information content (AvgIpc) is 3.33. The quantitative estimate of drug-likeness (QED) is 0.646. The first-order valence-electron chi connectivity index (χ1n) is 10.6. The maximum atomic E-state index is 12.7. The second kappa shape index (κ2) is 9.08. The number of benzene rings is 2. The van der Waals surface area contributed by atoms with E-state index >= 15 is 0 Å². The number of anilines is 1. The van der Waals surface area contributed by atoms with Crippen molar-refractivity contribution in [2.75, 3.05) is 18.0 Å². The Kier molecular flexibility index (Phi) is 6.07. The van der Waals surface area contributed by atoms with Gasteiger partial charge in [0.15, 0.2) is 0 Å². The molecule has 0 spiro atoms. The molecule has 1 fully saturated rings. The van der Waals surface area contributed by atoms with Gasteiger partial charge in [-0.3, -0.25) is 4.79 Å². The SMILES string of the molecule is CC(C)c1ccc(CNC(=O)c2cccc(-c3cc(N4CCCC4)ncn3)c2)cc1. The van der Waals surface area contributed by atoms with Crippen molar-refractivity contribution in [3.05, 3.63) is 77.6 Å². The highest BCUT2D eigenvalue weighted by Crippen LogP contribution is 2.24. The van der Waals surface area contributed by atoms with E-state index in [0.717, 1.165) is 35.7 Å². The van der Waals surface area contributed by atoms with E-state index in [1.165, 1.54) is 18.4 Å². The molecule has 30 heavy (non-hydrogen) atoms. The number of nitrogens with one attached hydrogen (secondary N) is 1. The van der Waals surface area contributed by atoms with Crippen molar-refractivity contribution in [3.8, 4) is 11.3 Å². The van der Waals surface area contributed by atoms with E-state index in [9.17, 15) is 4.79 Å². The first-order chi connectivity index (χ1) is 14.6. The molecular weight excluding hydrogens is 372 g/mol. The number of nitrogens with zero attached hydrogens (tertiary/aromatic N) is 3. The highest BCUT2D eigenvalue weighted by Gasteiger charge is 2.15. The highest BCUT2D eigenvalue weighted by atomic mass is 16.1. The minimum Gasteiger partial charge on any atom is -0.357 e. The molecule has 1 aromatic heterocycles. The Morgan fingerprint density at radius 1 is 1.03 bits per heavy atom. The molecule has 3 aromatic rings. The zero-order valence-electron chi connectivity index (χ0n) is 17.6. The van der Waals surface area contributed by atoms with Crippen molar-refractivity contribution < 1.29 is 4.79 Å². The molecule has 4 rings (SSSR count). The Morgan fingerprint density at radius 3 is 2.53 bits per heavy atom. The van der Waals surface area contributed by atoms with E-state index < -0.39 is 0 Å². The third-order valence-corrected chi connectivity index (χ3v) is 5.60. The van der Waals surface area contributed by atoms with Crippen LogP contribution in [0.1, 0.15) is 54.1 Å². The molecule has 2 aromatic carbocycles. The van der Waals surface area contributed by atoms with Crippen LogP contribution in [0.15, 0.2) is 60.9 Å². The minimum absolute atomic E-state index is 0.0846. The van der Waals surface area contributed by atoms with Crippen molar-refractivity contribution in [2.24, 2.45) is 0 Å². The van der Waals surface area contributed by atoms with Crippen LogP contribution in [-0.2, 0) is 6.54 Å². The van der Waals surface area contributed by atoms with Crippen molar-refractivity contribution >= 4 is 11.7 Å². The molecule has 0 unspecified atom stereocenters. The summed E-state index contributed by atoms with van der Waals surface area (Å²) in [6.45, 7) is 6.94. The van der Waals surface area contributed by atoms with Crippen LogP contribution in [0.5, 0.6) is 0 Å². The maximum absolute atomic E-state index is 12.7.